The molecule has 4 rings (SSSR count). The third-order valence-electron chi connectivity index (χ3n) is 4.71. The number of carbonyl (C=O) groups is 1. The predicted octanol–water partition coefficient (Wildman–Crippen LogP) is 4.32. The van der Waals surface area contributed by atoms with Crippen molar-refractivity contribution in [2.24, 2.45) is 0 Å². The normalized spacial score (nSPS) is 12.1. The largest absolute Gasteiger partial charge is 0.360 e. The zero-order valence-electron chi connectivity index (χ0n) is 14.9. The van der Waals surface area contributed by atoms with Crippen molar-refractivity contribution in [1.29, 1.82) is 0 Å². The maximum absolute atomic E-state index is 13.4. The van der Waals surface area contributed by atoms with Gasteiger partial charge in [-0.25, -0.2) is 0 Å². The first-order chi connectivity index (χ1) is 13.3. The molecule has 2 aromatic carbocycles. The summed E-state index contributed by atoms with van der Waals surface area (Å²) in [5.74, 6) is 0.0691. The SMILES string of the molecule is O=C(c1c[nH]c2ccccc12)C(NCCc1ccccn1)c1ccccc1. The summed E-state index contributed by atoms with van der Waals surface area (Å²) in [5.41, 5.74) is 3.66. The predicted molar refractivity (Wildman–Crippen MR) is 108 cm³/mol. The van der Waals surface area contributed by atoms with E-state index in [0.29, 0.717) is 12.1 Å². The molecular formula is C23H21N3O. The van der Waals surface area contributed by atoms with E-state index in [9.17, 15) is 4.79 Å². The highest BCUT2D eigenvalue weighted by molar-refractivity contribution is 6.10. The molecule has 0 saturated heterocycles. The van der Waals surface area contributed by atoms with E-state index in [1.54, 1.807) is 6.20 Å². The minimum absolute atomic E-state index is 0.0691. The van der Waals surface area contributed by atoms with Crippen LogP contribution < -0.4 is 5.32 Å². The van der Waals surface area contributed by atoms with E-state index < -0.39 is 6.04 Å². The molecule has 0 aliphatic heterocycles. The number of carbonyl (C=O) groups excluding carboxylic acids is 1. The first-order valence-corrected chi connectivity index (χ1v) is 9.11. The fraction of sp³-hybridized carbons (Fsp3) is 0.130. The Labute approximate surface area is 158 Å². The standard InChI is InChI=1S/C23H21N3O/c27-23(20-16-26-21-12-5-4-11-19(20)21)22(17-8-2-1-3-9-17)25-15-13-18-10-6-7-14-24-18/h1-12,14,16,22,25-26H,13,15H2. The molecule has 0 spiro atoms. The second-order valence-electron chi connectivity index (χ2n) is 6.48. The highest BCUT2D eigenvalue weighted by atomic mass is 16.1. The number of aromatic amines is 1. The monoisotopic (exact) mass is 355 g/mol. The summed E-state index contributed by atoms with van der Waals surface area (Å²) in [6, 6.07) is 23.3. The maximum atomic E-state index is 13.4. The quantitative estimate of drug-likeness (QED) is 0.486. The van der Waals surface area contributed by atoms with Crippen LogP contribution in [0.15, 0.2) is 85.2 Å². The number of rotatable bonds is 7. The van der Waals surface area contributed by atoms with E-state index in [-0.39, 0.29) is 5.78 Å². The number of pyridine rings is 1. The summed E-state index contributed by atoms with van der Waals surface area (Å²) in [6.45, 7) is 0.671. The van der Waals surface area contributed by atoms with Crippen LogP contribution in [0.5, 0.6) is 0 Å². The zero-order valence-corrected chi connectivity index (χ0v) is 14.9. The van der Waals surface area contributed by atoms with Gasteiger partial charge in [-0.1, -0.05) is 54.6 Å². The van der Waals surface area contributed by atoms with E-state index in [1.807, 2.05) is 79.0 Å². The zero-order chi connectivity index (χ0) is 18.5. The van der Waals surface area contributed by atoms with Crippen LogP contribution in [-0.2, 0) is 6.42 Å². The Hall–Kier alpha value is -3.24. The van der Waals surface area contributed by atoms with Crippen molar-refractivity contribution >= 4 is 16.7 Å². The molecule has 1 atom stereocenters. The molecule has 134 valence electrons. The van der Waals surface area contributed by atoms with Crippen LogP contribution in [0, 0.1) is 0 Å². The first kappa shape index (κ1) is 17.2. The summed E-state index contributed by atoms with van der Waals surface area (Å²) >= 11 is 0. The van der Waals surface area contributed by atoms with Crippen molar-refractivity contribution in [2.45, 2.75) is 12.5 Å². The average molecular weight is 355 g/mol. The lowest BCUT2D eigenvalue weighted by molar-refractivity contribution is 0.0945. The minimum atomic E-state index is -0.394. The van der Waals surface area contributed by atoms with Crippen LogP contribution in [0.1, 0.15) is 27.7 Å². The van der Waals surface area contributed by atoms with E-state index in [4.69, 9.17) is 0 Å². The highest BCUT2D eigenvalue weighted by Gasteiger charge is 2.23. The molecule has 2 N–H and O–H groups in total. The number of hydrogen-bond acceptors (Lipinski definition) is 3. The van der Waals surface area contributed by atoms with E-state index in [0.717, 1.165) is 28.6 Å². The fourth-order valence-corrected chi connectivity index (χ4v) is 3.33. The third-order valence-corrected chi connectivity index (χ3v) is 4.71. The molecule has 0 radical (unpaired) electrons. The van der Waals surface area contributed by atoms with Crippen LogP contribution in [0.3, 0.4) is 0 Å². The second-order valence-corrected chi connectivity index (χ2v) is 6.48. The van der Waals surface area contributed by atoms with Gasteiger partial charge in [-0.2, -0.15) is 0 Å². The van der Waals surface area contributed by atoms with Gasteiger partial charge in [0, 0.05) is 47.5 Å². The molecule has 27 heavy (non-hydrogen) atoms. The lowest BCUT2D eigenvalue weighted by Gasteiger charge is -2.18. The van der Waals surface area contributed by atoms with Gasteiger partial charge in [-0.3, -0.25) is 9.78 Å². The molecule has 0 bridgehead atoms. The van der Waals surface area contributed by atoms with Crippen molar-refractivity contribution in [3.8, 4) is 0 Å². The Morgan fingerprint density at radius 1 is 0.963 bits per heavy atom. The molecule has 0 amide bonds. The topological polar surface area (TPSA) is 57.8 Å². The van der Waals surface area contributed by atoms with Gasteiger partial charge >= 0.3 is 0 Å². The summed E-state index contributed by atoms with van der Waals surface area (Å²) in [5, 5.41) is 4.39. The molecule has 4 aromatic rings. The second kappa shape index (κ2) is 7.98. The van der Waals surface area contributed by atoms with Gasteiger partial charge in [0.1, 0.15) is 0 Å². The highest BCUT2D eigenvalue weighted by Crippen LogP contribution is 2.24. The number of hydrogen-bond donors (Lipinski definition) is 2. The van der Waals surface area contributed by atoms with Gasteiger partial charge in [-0.15, -0.1) is 0 Å². The molecule has 0 saturated carbocycles. The first-order valence-electron chi connectivity index (χ1n) is 9.11. The summed E-state index contributed by atoms with van der Waals surface area (Å²) in [4.78, 5) is 20.9. The number of nitrogens with zero attached hydrogens (tertiary/aromatic N) is 1. The Bertz CT molecular complexity index is 1030. The fourth-order valence-electron chi connectivity index (χ4n) is 3.33. The van der Waals surface area contributed by atoms with E-state index >= 15 is 0 Å². The van der Waals surface area contributed by atoms with Crippen LogP contribution in [0.25, 0.3) is 10.9 Å². The molecule has 2 aromatic heterocycles. The van der Waals surface area contributed by atoms with Gasteiger partial charge in [0.25, 0.3) is 0 Å². The van der Waals surface area contributed by atoms with Gasteiger partial charge in [0.15, 0.2) is 5.78 Å². The number of aromatic nitrogens is 2. The molecular weight excluding hydrogens is 334 g/mol. The number of Topliss-reactive ketones (excluding diaryl/α,β-unsaturated/α-hetero) is 1. The molecule has 0 fully saturated rings. The summed E-state index contributed by atoms with van der Waals surface area (Å²) < 4.78 is 0. The summed E-state index contributed by atoms with van der Waals surface area (Å²) in [6.07, 6.45) is 4.37. The third kappa shape index (κ3) is 3.81. The van der Waals surface area contributed by atoms with Crippen LogP contribution in [0.4, 0.5) is 0 Å². The van der Waals surface area contributed by atoms with Crippen LogP contribution >= 0.6 is 0 Å². The number of H-pyrrole nitrogens is 1. The van der Waals surface area contributed by atoms with Crippen molar-refractivity contribution < 1.29 is 4.79 Å². The lowest BCUT2D eigenvalue weighted by Crippen LogP contribution is -2.30. The Balaban J connectivity index is 1.59. The summed E-state index contributed by atoms with van der Waals surface area (Å²) in [7, 11) is 0. The van der Waals surface area contributed by atoms with Crippen LogP contribution in [-0.4, -0.2) is 22.3 Å². The van der Waals surface area contributed by atoms with Gasteiger partial charge in [-0.05, 0) is 23.8 Å². The van der Waals surface area contributed by atoms with Crippen molar-refractivity contribution in [1.82, 2.24) is 15.3 Å². The lowest BCUT2D eigenvalue weighted by atomic mass is 9.97. The van der Waals surface area contributed by atoms with Gasteiger partial charge in [0.05, 0.1) is 6.04 Å². The number of fused-ring (bicyclic) bond motifs is 1. The Morgan fingerprint density at radius 2 is 1.74 bits per heavy atom. The van der Waals surface area contributed by atoms with Crippen molar-refractivity contribution in [3.63, 3.8) is 0 Å². The average Bonchev–Trinajstić information content (AvgIpc) is 3.16. The van der Waals surface area contributed by atoms with E-state index in [2.05, 4.69) is 15.3 Å². The molecule has 4 heteroatoms. The molecule has 2 heterocycles. The van der Waals surface area contributed by atoms with Crippen molar-refractivity contribution in [2.75, 3.05) is 6.54 Å². The Kier molecular flexibility index (Phi) is 5.08. The van der Waals surface area contributed by atoms with Gasteiger partial charge in [0.2, 0.25) is 0 Å². The Morgan fingerprint density at radius 3 is 2.56 bits per heavy atom. The number of ketones is 1. The molecule has 4 nitrogen and oxygen atoms in total. The van der Waals surface area contributed by atoms with Crippen LogP contribution in [0.2, 0.25) is 0 Å². The van der Waals surface area contributed by atoms with Crippen molar-refractivity contribution in [3.05, 3.63) is 102 Å². The minimum Gasteiger partial charge on any atom is -0.360 e. The molecule has 0 aliphatic rings. The number of nitrogens with one attached hydrogen (secondary N) is 2. The van der Waals surface area contributed by atoms with E-state index in [1.165, 1.54) is 0 Å². The number of benzene rings is 2. The smallest absolute Gasteiger partial charge is 0.186 e. The molecule has 0 aliphatic carbocycles. The maximum Gasteiger partial charge on any atom is 0.186 e. The molecule has 1 unspecified atom stereocenters. The van der Waals surface area contributed by atoms with Gasteiger partial charge < -0.3 is 10.3 Å². The number of para-hydroxylation sites is 1.